The molecular weight excluding hydrogens is 152 g/mol. The smallest absolute Gasteiger partial charge is 0.293 e. The summed E-state index contributed by atoms with van der Waals surface area (Å²) in [5.41, 5.74) is 3.45. The molecule has 1 aromatic rings. The largest absolute Gasteiger partial charge is 0.463 e. The van der Waals surface area contributed by atoms with E-state index in [4.69, 9.17) is 0 Å². The topological polar surface area (TPSA) is 26.3 Å². The first-order valence-electron chi connectivity index (χ1n) is 3.85. The zero-order valence-corrected chi connectivity index (χ0v) is 7.33. The molecule has 0 aliphatic carbocycles. The molecule has 0 saturated carbocycles. The maximum atomic E-state index is 9.93. The zero-order valence-electron chi connectivity index (χ0n) is 7.33. The summed E-state index contributed by atoms with van der Waals surface area (Å²) in [6.45, 7) is 4.89. The summed E-state index contributed by atoms with van der Waals surface area (Å²) in [6, 6.07) is 6.06. The minimum absolute atomic E-state index is 0.371. The van der Waals surface area contributed by atoms with Crippen LogP contribution in [-0.2, 0) is 16.1 Å². The fourth-order valence-corrected chi connectivity index (χ4v) is 1.13. The molecule has 0 bridgehead atoms. The molecule has 2 nitrogen and oxygen atoms in total. The minimum Gasteiger partial charge on any atom is -0.463 e. The Kier molecular flexibility index (Phi) is 2.86. The Morgan fingerprint density at radius 1 is 1.42 bits per heavy atom. The number of hydrogen-bond donors (Lipinski definition) is 0. The highest BCUT2D eigenvalue weighted by molar-refractivity contribution is 5.38. The molecule has 12 heavy (non-hydrogen) atoms. The molecule has 2 heteroatoms. The van der Waals surface area contributed by atoms with Crippen LogP contribution in [0.2, 0.25) is 0 Å². The van der Waals surface area contributed by atoms with Crippen molar-refractivity contribution in [1.29, 1.82) is 0 Å². The van der Waals surface area contributed by atoms with Gasteiger partial charge in [0.15, 0.2) is 0 Å². The highest BCUT2D eigenvalue weighted by Gasteiger charge is 1.97. The fourth-order valence-electron chi connectivity index (χ4n) is 1.13. The molecule has 0 radical (unpaired) electrons. The van der Waals surface area contributed by atoms with Gasteiger partial charge in [0, 0.05) is 0 Å². The third kappa shape index (κ3) is 2.09. The van der Waals surface area contributed by atoms with Gasteiger partial charge in [-0.2, -0.15) is 0 Å². The summed E-state index contributed by atoms with van der Waals surface area (Å²) >= 11 is 0. The molecule has 1 aromatic carbocycles. The van der Waals surface area contributed by atoms with Crippen LogP contribution < -0.4 is 0 Å². The van der Waals surface area contributed by atoms with Crippen molar-refractivity contribution in [3.8, 4) is 0 Å². The first kappa shape index (κ1) is 8.78. The van der Waals surface area contributed by atoms with E-state index in [1.54, 1.807) is 0 Å². The second-order valence-electron chi connectivity index (χ2n) is 2.84. The molecule has 0 atom stereocenters. The van der Waals surface area contributed by atoms with Crippen LogP contribution in [0.5, 0.6) is 0 Å². The van der Waals surface area contributed by atoms with Crippen molar-refractivity contribution in [3.05, 3.63) is 34.9 Å². The van der Waals surface area contributed by atoms with Crippen molar-refractivity contribution in [1.82, 2.24) is 0 Å². The van der Waals surface area contributed by atoms with Crippen molar-refractivity contribution < 1.29 is 9.53 Å². The lowest BCUT2D eigenvalue weighted by molar-refractivity contribution is -0.129. The first-order chi connectivity index (χ1) is 5.74. The van der Waals surface area contributed by atoms with Gasteiger partial charge in [0.1, 0.15) is 6.61 Å². The average molecular weight is 164 g/mol. The fraction of sp³-hybridized carbons (Fsp3) is 0.300. The molecule has 0 N–H and O–H groups in total. The van der Waals surface area contributed by atoms with Crippen LogP contribution in [0.4, 0.5) is 0 Å². The second kappa shape index (κ2) is 3.90. The molecule has 64 valence electrons. The molecule has 0 fully saturated rings. The van der Waals surface area contributed by atoms with Crippen LogP contribution in [0.25, 0.3) is 0 Å². The predicted octanol–water partition coefficient (Wildman–Crippen LogP) is 1.98. The quantitative estimate of drug-likeness (QED) is 0.638. The number of hydrogen-bond acceptors (Lipinski definition) is 2. The molecule has 1 rings (SSSR count). The van der Waals surface area contributed by atoms with E-state index in [2.05, 4.69) is 10.8 Å². The SMILES string of the molecule is Cc1ccc(COC=O)c(C)c1. The van der Waals surface area contributed by atoms with Gasteiger partial charge in [0.25, 0.3) is 6.47 Å². The van der Waals surface area contributed by atoms with Gasteiger partial charge >= 0.3 is 0 Å². The third-order valence-electron chi connectivity index (χ3n) is 1.80. The van der Waals surface area contributed by atoms with Crippen LogP contribution in [0.3, 0.4) is 0 Å². The highest BCUT2D eigenvalue weighted by Crippen LogP contribution is 2.10. The third-order valence-corrected chi connectivity index (χ3v) is 1.80. The van der Waals surface area contributed by atoms with Gasteiger partial charge in [0.2, 0.25) is 0 Å². The van der Waals surface area contributed by atoms with E-state index >= 15 is 0 Å². The van der Waals surface area contributed by atoms with E-state index < -0.39 is 0 Å². The van der Waals surface area contributed by atoms with Gasteiger partial charge in [-0.25, -0.2) is 0 Å². The molecule has 0 aliphatic heterocycles. The zero-order chi connectivity index (χ0) is 8.97. The van der Waals surface area contributed by atoms with E-state index in [9.17, 15) is 4.79 Å². The van der Waals surface area contributed by atoms with E-state index in [1.165, 1.54) is 5.56 Å². The summed E-state index contributed by atoms with van der Waals surface area (Å²) in [5, 5.41) is 0. The maximum absolute atomic E-state index is 9.93. The van der Waals surface area contributed by atoms with Crippen LogP contribution in [0.15, 0.2) is 18.2 Å². The average Bonchev–Trinajstić information content (AvgIpc) is 2.03. The lowest BCUT2D eigenvalue weighted by Crippen LogP contribution is -1.93. The van der Waals surface area contributed by atoms with Gasteiger partial charge in [-0.3, -0.25) is 4.79 Å². The monoisotopic (exact) mass is 164 g/mol. The van der Waals surface area contributed by atoms with Gasteiger partial charge in [-0.15, -0.1) is 0 Å². The summed E-state index contributed by atoms with van der Waals surface area (Å²) < 4.78 is 4.66. The molecule has 0 unspecified atom stereocenters. The Morgan fingerprint density at radius 2 is 2.17 bits per heavy atom. The van der Waals surface area contributed by atoms with E-state index in [0.717, 1.165) is 11.1 Å². The van der Waals surface area contributed by atoms with Crippen molar-refractivity contribution in [3.63, 3.8) is 0 Å². The summed E-state index contributed by atoms with van der Waals surface area (Å²) in [6.07, 6.45) is 0. The van der Waals surface area contributed by atoms with Crippen molar-refractivity contribution >= 4 is 6.47 Å². The minimum atomic E-state index is 0.371. The van der Waals surface area contributed by atoms with Crippen molar-refractivity contribution in [2.24, 2.45) is 0 Å². The van der Waals surface area contributed by atoms with Gasteiger partial charge < -0.3 is 4.74 Å². The van der Waals surface area contributed by atoms with Crippen molar-refractivity contribution in [2.45, 2.75) is 20.5 Å². The second-order valence-corrected chi connectivity index (χ2v) is 2.84. The molecule has 0 heterocycles. The Labute approximate surface area is 72.2 Å². The molecule has 0 saturated heterocycles. The summed E-state index contributed by atoms with van der Waals surface area (Å²) in [4.78, 5) is 9.93. The number of aryl methyl sites for hydroxylation is 2. The van der Waals surface area contributed by atoms with Crippen LogP contribution in [0, 0.1) is 13.8 Å². The van der Waals surface area contributed by atoms with Gasteiger partial charge in [0.05, 0.1) is 0 Å². The normalized spacial score (nSPS) is 9.50. The molecular formula is C10H12O2. The van der Waals surface area contributed by atoms with Crippen LogP contribution >= 0.6 is 0 Å². The Hall–Kier alpha value is -1.31. The molecule has 0 amide bonds. The highest BCUT2D eigenvalue weighted by atomic mass is 16.5. The number of carbonyl (C=O) groups excluding carboxylic acids is 1. The Morgan fingerprint density at radius 3 is 2.75 bits per heavy atom. The van der Waals surface area contributed by atoms with Crippen LogP contribution in [-0.4, -0.2) is 6.47 Å². The Balaban J connectivity index is 2.78. The number of rotatable bonds is 3. The Bertz CT molecular complexity index is 279. The lowest BCUT2D eigenvalue weighted by atomic mass is 10.1. The lowest BCUT2D eigenvalue weighted by Gasteiger charge is -2.04. The predicted molar refractivity (Wildman–Crippen MR) is 46.8 cm³/mol. The number of carbonyl (C=O) groups is 1. The maximum Gasteiger partial charge on any atom is 0.293 e. The first-order valence-corrected chi connectivity index (χ1v) is 3.85. The van der Waals surface area contributed by atoms with Crippen molar-refractivity contribution in [2.75, 3.05) is 0 Å². The van der Waals surface area contributed by atoms with E-state index in [-0.39, 0.29) is 0 Å². The number of benzene rings is 1. The standard InChI is InChI=1S/C10H12O2/c1-8-3-4-10(6-12-7-11)9(2)5-8/h3-5,7H,6H2,1-2H3. The molecule has 0 aliphatic rings. The van der Waals surface area contributed by atoms with Gasteiger partial charge in [-0.05, 0) is 25.0 Å². The van der Waals surface area contributed by atoms with E-state index in [1.807, 2.05) is 26.0 Å². The van der Waals surface area contributed by atoms with Gasteiger partial charge in [-0.1, -0.05) is 23.8 Å². The summed E-state index contributed by atoms with van der Waals surface area (Å²) in [5.74, 6) is 0. The molecule has 0 aromatic heterocycles. The number of ether oxygens (including phenoxy) is 1. The van der Waals surface area contributed by atoms with Crippen LogP contribution in [0.1, 0.15) is 16.7 Å². The summed E-state index contributed by atoms with van der Waals surface area (Å²) in [7, 11) is 0. The van der Waals surface area contributed by atoms with E-state index in [0.29, 0.717) is 13.1 Å². The molecule has 0 spiro atoms.